The van der Waals surface area contributed by atoms with Crippen molar-refractivity contribution in [2.24, 2.45) is 29.4 Å². The first-order chi connectivity index (χ1) is 22.2. The lowest BCUT2D eigenvalue weighted by molar-refractivity contribution is -0.168. The number of ether oxygens (including phenoxy) is 2. The highest BCUT2D eigenvalue weighted by atomic mass is 16.7. The van der Waals surface area contributed by atoms with Crippen LogP contribution in [0.15, 0.2) is 11.1 Å². The van der Waals surface area contributed by atoms with Crippen molar-refractivity contribution in [2.45, 2.75) is 152 Å². The van der Waals surface area contributed by atoms with Gasteiger partial charge in [-0.1, -0.05) is 50.5 Å². The summed E-state index contributed by atoms with van der Waals surface area (Å²) in [4.78, 5) is 42.7. The summed E-state index contributed by atoms with van der Waals surface area (Å²) in [5.41, 5.74) is 3.89. The first kappa shape index (κ1) is 35.6. The third-order valence-corrected chi connectivity index (χ3v) is 12.0. The highest BCUT2D eigenvalue weighted by molar-refractivity contribution is 6.23. The Labute approximate surface area is 274 Å². The summed E-state index contributed by atoms with van der Waals surface area (Å²) in [5, 5.41) is 34.6. The van der Waals surface area contributed by atoms with Gasteiger partial charge in [-0.15, -0.1) is 0 Å². The van der Waals surface area contributed by atoms with Gasteiger partial charge in [0, 0.05) is 24.9 Å². The molecule has 5 fully saturated rings. The minimum atomic E-state index is -2.06. The lowest BCUT2D eigenvalue weighted by atomic mass is 9.60. The van der Waals surface area contributed by atoms with Crippen molar-refractivity contribution in [3.8, 4) is 0 Å². The van der Waals surface area contributed by atoms with Crippen LogP contribution in [-0.4, -0.2) is 82.2 Å². The maximum Gasteiger partial charge on any atom is 0.350 e. The first-order valence-electron chi connectivity index (χ1n) is 18.2. The zero-order valence-electron chi connectivity index (χ0n) is 27.9. The molecule has 0 spiro atoms. The number of carbonyl (C=O) groups is 3. The number of aliphatic hydroxyl groups excluding tert-OH is 3. The summed E-state index contributed by atoms with van der Waals surface area (Å²) in [6.07, 6.45) is 12.1. The Balaban J connectivity index is 1.36. The fourth-order valence-corrected chi connectivity index (χ4v) is 9.03. The second-order valence-electron chi connectivity index (χ2n) is 15.0. The van der Waals surface area contributed by atoms with Crippen LogP contribution in [0.4, 0.5) is 0 Å². The maximum atomic E-state index is 14.3. The van der Waals surface area contributed by atoms with Crippen molar-refractivity contribution in [1.82, 2.24) is 5.32 Å². The average molecular weight is 647 g/mol. The normalized spacial score (nSPS) is 35.1. The molecule has 3 saturated carbocycles. The molecule has 260 valence electrons. The monoisotopic (exact) mass is 646 g/mol. The van der Waals surface area contributed by atoms with E-state index in [1.807, 2.05) is 6.92 Å². The Morgan fingerprint density at radius 3 is 2.35 bits per heavy atom. The largest absolute Gasteiger partial charge is 0.457 e. The number of ketones is 2. The van der Waals surface area contributed by atoms with Crippen molar-refractivity contribution in [1.29, 1.82) is 0 Å². The Kier molecular flexibility index (Phi) is 12.1. The predicted molar refractivity (Wildman–Crippen MR) is 172 cm³/mol. The summed E-state index contributed by atoms with van der Waals surface area (Å²) < 4.78 is 12.2. The van der Waals surface area contributed by atoms with Gasteiger partial charge in [-0.2, -0.15) is 0 Å². The first-order valence-corrected chi connectivity index (χ1v) is 18.2. The van der Waals surface area contributed by atoms with E-state index < -0.39 is 47.0 Å². The van der Waals surface area contributed by atoms with Crippen LogP contribution in [-0.2, 0) is 23.9 Å². The highest BCUT2D eigenvalue weighted by Gasteiger charge is 2.87. The topological polar surface area (TPSA) is 172 Å². The fraction of sp³-hybridized carbons (Fsp3) is 0.861. The van der Waals surface area contributed by atoms with Crippen molar-refractivity contribution in [3.63, 3.8) is 0 Å². The molecule has 5 rings (SSSR count). The van der Waals surface area contributed by atoms with Crippen molar-refractivity contribution in [3.05, 3.63) is 11.1 Å². The summed E-state index contributed by atoms with van der Waals surface area (Å²) in [7, 11) is 0. The molecule has 2 heterocycles. The van der Waals surface area contributed by atoms with Gasteiger partial charge in [-0.05, 0) is 95.1 Å². The third kappa shape index (κ3) is 7.32. The lowest BCUT2D eigenvalue weighted by Gasteiger charge is -2.37. The van der Waals surface area contributed by atoms with Gasteiger partial charge >= 0.3 is 5.97 Å². The van der Waals surface area contributed by atoms with E-state index in [4.69, 9.17) is 15.2 Å². The Hall–Kier alpha value is -1.69. The fourth-order valence-electron chi connectivity index (χ4n) is 9.03. The lowest BCUT2D eigenvalue weighted by Crippen LogP contribution is -2.59. The number of allylic oxidation sites excluding steroid dienone is 1. The molecular formula is C36H58N2O8. The zero-order valence-corrected chi connectivity index (χ0v) is 27.9. The van der Waals surface area contributed by atoms with Crippen LogP contribution in [0.1, 0.15) is 122 Å². The molecule has 2 aliphatic heterocycles. The molecule has 0 aromatic carbocycles. The molecule has 0 aromatic heterocycles. The molecule has 8 atom stereocenters. The zero-order chi connectivity index (χ0) is 32.9. The number of aliphatic hydroxyl groups is 3. The van der Waals surface area contributed by atoms with Gasteiger partial charge in [-0.25, -0.2) is 4.79 Å². The Bertz CT molecular complexity index is 1120. The molecule has 4 unspecified atom stereocenters. The van der Waals surface area contributed by atoms with Crippen LogP contribution >= 0.6 is 0 Å². The Morgan fingerprint density at radius 2 is 1.67 bits per heavy atom. The number of piperidine rings is 1. The van der Waals surface area contributed by atoms with Crippen LogP contribution in [0.2, 0.25) is 0 Å². The summed E-state index contributed by atoms with van der Waals surface area (Å²) in [6.45, 7) is 2.39. The predicted octanol–water partition coefficient (Wildman–Crippen LogP) is 3.62. The van der Waals surface area contributed by atoms with Gasteiger partial charge in [0.1, 0.15) is 6.10 Å². The van der Waals surface area contributed by atoms with Crippen LogP contribution in [0.25, 0.3) is 0 Å². The number of nitrogens with one attached hydrogen (secondary N) is 1. The van der Waals surface area contributed by atoms with Crippen molar-refractivity contribution in [2.75, 3.05) is 19.8 Å². The number of nitrogens with two attached hydrogens (primary N) is 1. The molecule has 5 aliphatic rings. The molecule has 10 nitrogen and oxygen atoms in total. The van der Waals surface area contributed by atoms with E-state index >= 15 is 0 Å². The van der Waals surface area contributed by atoms with E-state index in [1.54, 1.807) is 0 Å². The van der Waals surface area contributed by atoms with Gasteiger partial charge in [-0.3, -0.25) is 9.59 Å². The molecule has 2 saturated heterocycles. The smallest absolute Gasteiger partial charge is 0.350 e. The number of hydrogen-bond acceptors (Lipinski definition) is 10. The summed E-state index contributed by atoms with van der Waals surface area (Å²) in [6, 6.07) is 0. The van der Waals surface area contributed by atoms with Crippen molar-refractivity contribution < 1.29 is 39.2 Å². The number of epoxide rings is 1. The van der Waals surface area contributed by atoms with Gasteiger partial charge in [0.05, 0.1) is 18.9 Å². The summed E-state index contributed by atoms with van der Waals surface area (Å²) >= 11 is 0. The second-order valence-corrected chi connectivity index (χ2v) is 15.0. The highest BCUT2D eigenvalue weighted by Crippen LogP contribution is 2.62. The van der Waals surface area contributed by atoms with Gasteiger partial charge in [0.15, 0.2) is 17.2 Å². The van der Waals surface area contributed by atoms with E-state index in [0.717, 1.165) is 63.5 Å². The SMILES string of the molecule is CC(CCC1CCNC(N)C1)=C(CO)C[C@@]12O[C@]1(C(=O)O[C@H](CCCO)[C@H](O)CCC1CCCCC1)C(=O)C1CCCCC1C2=O. The molecule has 3 aliphatic carbocycles. The van der Waals surface area contributed by atoms with E-state index in [0.29, 0.717) is 49.5 Å². The molecule has 0 bridgehead atoms. The van der Waals surface area contributed by atoms with E-state index in [1.165, 1.54) is 19.3 Å². The Morgan fingerprint density at radius 1 is 0.978 bits per heavy atom. The molecule has 10 heteroatoms. The van der Waals surface area contributed by atoms with Crippen LogP contribution in [0, 0.1) is 23.7 Å². The minimum absolute atomic E-state index is 0.0213. The minimum Gasteiger partial charge on any atom is -0.457 e. The van der Waals surface area contributed by atoms with E-state index in [9.17, 15) is 29.7 Å². The van der Waals surface area contributed by atoms with Crippen LogP contribution < -0.4 is 11.1 Å². The molecule has 0 aromatic rings. The van der Waals surface area contributed by atoms with Crippen LogP contribution in [0.3, 0.4) is 0 Å². The molecule has 0 amide bonds. The number of rotatable bonds is 15. The number of fused-ring (bicyclic) bond motifs is 2. The molecule has 0 radical (unpaired) electrons. The number of Topliss-reactive ketones (excluding diaryl/α,β-unsaturated/α-hetero) is 2. The molecule has 6 N–H and O–H groups in total. The van der Waals surface area contributed by atoms with Gasteiger partial charge in [0.2, 0.25) is 0 Å². The van der Waals surface area contributed by atoms with Crippen LogP contribution in [0.5, 0.6) is 0 Å². The average Bonchev–Trinajstić information content (AvgIpc) is 3.78. The standard InChI is InChI=1S/C36H58N2O8/c1-23(13-14-25-17-18-38-31(37)20-25)26(22-40)21-35-32(42)27-10-5-6-11-28(27)33(43)36(35,46-35)34(44)45-30(12-7-19-39)29(41)16-15-24-8-3-2-4-9-24/h24-25,27-31,38-41H,2-22,37H2,1H3/t25?,27?,28?,29-,30-,31?,35+,36+/m1/s1. The third-order valence-electron chi connectivity index (χ3n) is 12.0. The van der Waals surface area contributed by atoms with Gasteiger partial charge in [0.25, 0.3) is 5.60 Å². The van der Waals surface area contributed by atoms with E-state index in [2.05, 4.69) is 5.32 Å². The quantitative estimate of drug-likeness (QED) is 0.0766. The van der Waals surface area contributed by atoms with E-state index in [-0.39, 0.29) is 38.0 Å². The second kappa shape index (κ2) is 15.7. The number of hydrogen-bond donors (Lipinski definition) is 5. The van der Waals surface area contributed by atoms with Crippen molar-refractivity contribution >= 4 is 17.5 Å². The molecule has 46 heavy (non-hydrogen) atoms. The number of carbonyl (C=O) groups excluding carboxylic acids is 3. The van der Waals surface area contributed by atoms with Gasteiger partial charge < -0.3 is 35.8 Å². The maximum absolute atomic E-state index is 14.3. The molecular weight excluding hydrogens is 588 g/mol. The summed E-state index contributed by atoms with van der Waals surface area (Å²) in [5.74, 6) is -1.64. The number of esters is 1.